The lowest BCUT2D eigenvalue weighted by Gasteiger charge is -2.38. The van der Waals surface area contributed by atoms with Crippen molar-refractivity contribution in [1.29, 1.82) is 0 Å². The summed E-state index contributed by atoms with van der Waals surface area (Å²) in [4.78, 5) is 12.7. The second kappa shape index (κ2) is 7.38. The third-order valence-electron chi connectivity index (χ3n) is 4.79. The van der Waals surface area contributed by atoms with E-state index in [4.69, 9.17) is 9.47 Å². The van der Waals surface area contributed by atoms with Crippen molar-refractivity contribution < 1.29 is 14.3 Å². The summed E-state index contributed by atoms with van der Waals surface area (Å²) in [6.45, 7) is 6.05. The van der Waals surface area contributed by atoms with Gasteiger partial charge < -0.3 is 20.1 Å². The number of piperidine rings is 1. The van der Waals surface area contributed by atoms with E-state index in [1.807, 2.05) is 0 Å². The van der Waals surface area contributed by atoms with Gasteiger partial charge in [0.05, 0.1) is 12.0 Å². The van der Waals surface area contributed by atoms with Crippen LogP contribution in [0.2, 0.25) is 0 Å². The number of hydrogen-bond donors (Lipinski definition) is 2. The molecular formula is C15H28N2O3. The van der Waals surface area contributed by atoms with Gasteiger partial charge in [0, 0.05) is 26.4 Å². The molecule has 2 aliphatic heterocycles. The average Bonchev–Trinajstić information content (AvgIpc) is 2.49. The molecule has 0 aromatic carbocycles. The maximum atomic E-state index is 12.7. The summed E-state index contributed by atoms with van der Waals surface area (Å²) in [6, 6.07) is 0.218. The zero-order chi connectivity index (χ0) is 14.4. The third-order valence-corrected chi connectivity index (χ3v) is 4.79. The fraction of sp³-hybridized carbons (Fsp3) is 0.933. The van der Waals surface area contributed by atoms with Gasteiger partial charge in [-0.05, 0) is 51.6 Å². The Morgan fingerprint density at radius 1 is 1.40 bits per heavy atom. The smallest absolute Gasteiger partial charge is 0.228 e. The van der Waals surface area contributed by atoms with Gasteiger partial charge in [0.2, 0.25) is 5.91 Å². The van der Waals surface area contributed by atoms with Crippen LogP contribution in [-0.2, 0) is 14.3 Å². The molecule has 0 aromatic heterocycles. The lowest BCUT2D eigenvalue weighted by atomic mass is 9.78. The van der Waals surface area contributed by atoms with Crippen molar-refractivity contribution in [3.05, 3.63) is 0 Å². The largest absolute Gasteiger partial charge is 0.384 e. The van der Waals surface area contributed by atoms with Crippen LogP contribution >= 0.6 is 0 Å². The minimum absolute atomic E-state index is 0.167. The molecule has 5 nitrogen and oxygen atoms in total. The molecule has 20 heavy (non-hydrogen) atoms. The predicted octanol–water partition coefficient (Wildman–Crippen LogP) is 0.934. The van der Waals surface area contributed by atoms with Gasteiger partial charge in [-0.3, -0.25) is 4.79 Å². The van der Waals surface area contributed by atoms with E-state index < -0.39 is 0 Å². The minimum Gasteiger partial charge on any atom is -0.384 e. The van der Waals surface area contributed by atoms with E-state index >= 15 is 0 Å². The predicted molar refractivity (Wildman–Crippen MR) is 77.6 cm³/mol. The van der Waals surface area contributed by atoms with Crippen molar-refractivity contribution in [2.24, 2.45) is 11.3 Å². The number of rotatable bonds is 5. The van der Waals surface area contributed by atoms with Crippen molar-refractivity contribution in [1.82, 2.24) is 10.6 Å². The zero-order valence-corrected chi connectivity index (χ0v) is 12.7. The number of ether oxygens (including phenoxy) is 2. The fourth-order valence-electron chi connectivity index (χ4n) is 3.31. The molecule has 0 aromatic rings. The SMILES string of the molecule is COCC1(C(=O)NC(C)C2CCOCC2)CCNCC1. The Kier molecular flexibility index (Phi) is 5.81. The highest BCUT2D eigenvalue weighted by atomic mass is 16.5. The quantitative estimate of drug-likeness (QED) is 0.788. The van der Waals surface area contributed by atoms with Crippen LogP contribution in [0.15, 0.2) is 0 Å². The molecule has 2 aliphatic rings. The molecule has 0 radical (unpaired) electrons. The molecule has 0 aliphatic carbocycles. The molecular weight excluding hydrogens is 256 g/mol. The minimum atomic E-state index is -0.348. The Balaban J connectivity index is 1.93. The highest BCUT2D eigenvalue weighted by Crippen LogP contribution is 2.30. The van der Waals surface area contributed by atoms with E-state index in [1.165, 1.54) is 0 Å². The van der Waals surface area contributed by atoms with E-state index in [0.29, 0.717) is 12.5 Å². The lowest BCUT2D eigenvalue weighted by Crippen LogP contribution is -2.53. The molecule has 1 unspecified atom stereocenters. The third kappa shape index (κ3) is 3.71. The second-order valence-electron chi connectivity index (χ2n) is 6.18. The summed E-state index contributed by atoms with van der Waals surface area (Å²) in [5.74, 6) is 0.703. The summed E-state index contributed by atoms with van der Waals surface area (Å²) in [7, 11) is 1.68. The van der Waals surface area contributed by atoms with E-state index in [0.717, 1.165) is 52.0 Å². The van der Waals surface area contributed by atoms with Crippen molar-refractivity contribution in [3.63, 3.8) is 0 Å². The summed E-state index contributed by atoms with van der Waals surface area (Å²) in [6.07, 6.45) is 3.79. The van der Waals surface area contributed by atoms with Crippen LogP contribution in [0, 0.1) is 11.3 Å². The molecule has 0 saturated carbocycles. The first-order chi connectivity index (χ1) is 9.68. The van der Waals surface area contributed by atoms with Crippen LogP contribution in [0.25, 0.3) is 0 Å². The number of amides is 1. The first-order valence-corrected chi connectivity index (χ1v) is 7.76. The van der Waals surface area contributed by atoms with Crippen LogP contribution in [0.4, 0.5) is 0 Å². The summed E-state index contributed by atoms with van der Waals surface area (Å²) in [5, 5.41) is 6.56. The summed E-state index contributed by atoms with van der Waals surface area (Å²) >= 11 is 0. The number of carbonyl (C=O) groups excluding carboxylic acids is 1. The Morgan fingerprint density at radius 3 is 2.65 bits per heavy atom. The van der Waals surface area contributed by atoms with Crippen LogP contribution in [0.3, 0.4) is 0 Å². The number of methoxy groups -OCH3 is 1. The highest BCUT2D eigenvalue weighted by molar-refractivity contribution is 5.83. The normalized spacial score (nSPS) is 25.1. The van der Waals surface area contributed by atoms with Gasteiger partial charge in [-0.25, -0.2) is 0 Å². The number of carbonyl (C=O) groups is 1. The Morgan fingerprint density at radius 2 is 2.05 bits per heavy atom. The van der Waals surface area contributed by atoms with Gasteiger partial charge in [0.25, 0.3) is 0 Å². The molecule has 1 atom stereocenters. The summed E-state index contributed by atoms with van der Waals surface area (Å²) < 4.78 is 10.7. The Hall–Kier alpha value is -0.650. The van der Waals surface area contributed by atoms with E-state index in [2.05, 4.69) is 17.6 Å². The Labute approximate surface area is 121 Å². The maximum absolute atomic E-state index is 12.7. The Bertz CT molecular complexity index is 305. The van der Waals surface area contributed by atoms with Gasteiger partial charge in [-0.1, -0.05) is 0 Å². The monoisotopic (exact) mass is 284 g/mol. The van der Waals surface area contributed by atoms with Gasteiger partial charge in [-0.15, -0.1) is 0 Å². The van der Waals surface area contributed by atoms with Crippen LogP contribution < -0.4 is 10.6 Å². The van der Waals surface area contributed by atoms with Crippen molar-refractivity contribution in [2.45, 2.75) is 38.6 Å². The molecule has 0 spiro atoms. The average molecular weight is 284 g/mol. The van der Waals surface area contributed by atoms with Crippen molar-refractivity contribution in [2.75, 3.05) is 40.0 Å². The molecule has 2 saturated heterocycles. The summed E-state index contributed by atoms with van der Waals surface area (Å²) in [5.41, 5.74) is -0.348. The second-order valence-corrected chi connectivity index (χ2v) is 6.18. The molecule has 5 heteroatoms. The van der Waals surface area contributed by atoms with Crippen molar-refractivity contribution in [3.8, 4) is 0 Å². The molecule has 116 valence electrons. The maximum Gasteiger partial charge on any atom is 0.228 e. The first kappa shape index (κ1) is 15.7. The van der Waals surface area contributed by atoms with Gasteiger partial charge in [-0.2, -0.15) is 0 Å². The lowest BCUT2D eigenvalue weighted by molar-refractivity contribution is -0.137. The van der Waals surface area contributed by atoms with Crippen LogP contribution in [-0.4, -0.2) is 52.0 Å². The standard InChI is InChI=1S/C15H28N2O3/c1-12(13-3-9-20-10-4-13)17-14(18)15(11-19-2)5-7-16-8-6-15/h12-13,16H,3-11H2,1-2H3,(H,17,18). The van der Waals surface area contributed by atoms with E-state index in [-0.39, 0.29) is 17.4 Å². The van der Waals surface area contributed by atoms with Gasteiger partial charge in [0.15, 0.2) is 0 Å². The molecule has 2 N–H and O–H groups in total. The fourth-order valence-corrected chi connectivity index (χ4v) is 3.31. The number of hydrogen-bond acceptors (Lipinski definition) is 4. The molecule has 2 heterocycles. The zero-order valence-electron chi connectivity index (χ0n) is 12.7. The molecule has 1 amide bonds. The van der Waals surface area contributed by atoms with Crippen molar-refractivity contribution >= 4 is 5.91 Å². The molecule has 0 bridgehead atoms. The van der Waals surface area contributed by atoms with E-state index in [1.54, 1.807) is 7.11 Å². The topological polar surface area (TPSA) is 59.6 Å². The highest BCUT2D eigenvalue weighted by Gasteiger charge is 2.40. The van der Waals surface area contributed by atoms with Gasteiger partial charge in [0.1, 0.15) is 0 Å². The van der Waals surface area contributed by atoms with Crippen LogP contribution in [0.5, 0.6) is 0 Å². The van der Waals surface area contributed by atoms with Gasteiger partial charge >= 0.3 is 0 Å². The van der Waals surface area contributed by atoms with Crippen LogP contribution in [0.1, 0.15) is 32.6 Å². The first-order valence-electron chi connectivity index (χ1n) is 7.76. The molecule has 2 rings (SSSR count). The molecule has 2 fully saturated rings. The van der Waals surface area contributed by atoms with E-state index in [9.17, 15) is 4.79 Å². The number of nitrogens with one attached hydrogen (secondary N) is 2.